The summed E-state index contributed by atoms with van der Waals surface area (Å²) < 4.78 is 1.74. The normalized spacial score (nSPS) is 12.0. The molecule has 6 nitrogen and oxygen atoms in total. The number of hydrogen-bond acceptors (Lipinski definition) is 5. The van der Waals surface area contributed by atoms with Crippen LogP contribution in [0.25, 0.3) is 27.8 Å². The second-order valence-corrected chi connectivity index (χ2v) is 6.91. The Balaban J connectivity index is 1.63. The van der Waals surface area contributed by atoms with Gasteiger partial charge in [-0.3, -0.25) is 4.98 Å². The van der Waals surface area contributed by atoms with Crippen molar-refractivity contribution < 1.29 is 0 Å². The fourth-order valence-corrected chi connectivity index (χ4v) is 3.58. The Morgan fingerprint density at radius 3 is 2.80 bits per heavy atom. The van der Waals surface area contributed by atoms with E-state index in [-0.39, 0.29) is 5.92 Å². The van der Waals surface area contributed by atoms with Gasteiger partial charge in [-0.05, 0) is 48.0 Å². The monoisotopic (exact) mass is 388 g/mol. The lowest BCUT2D eigenvalue weighted by Gasteiger charge is -2.12. The van der Waals surface area contributed by atoms with E-state index >= 15 is 0 Å². The van der Waals surface area contributed by atoms with Crippen LogP contribution < -0.4 is 0 Å². The summed E-state index contributed by atoms with van der Waals surface area (Å²) in [6.07, 6.45) is 3.63. The van der Waals surface area contributed by atoms with Crippen LogP contribution in [0, 0.1) is 11.3 Å². The summed E-state index contributed by atoms with van der Waals surface area (Å²) in [4.78, 5) is 4.39. The molecule has 0 spiro atoms. The lowest BCUT2D eigenvalue weighted by Crippen LogP contribution is -2.06. The average Bonchev–Trinajstić information content (AvgIpc) is 3.22. The van der Waals surface area contributed by atoms with Crippen molar-refractivity contribution in [3.63, 3.8) is 0 Å². The SMILES string of the molecule is C=C[C@@H](c1ccc2ncccc2c1)c1nnc2ccc(-c3cccc(C#N)c3)nn12. The minimum absolute atomic E-state index is 0.183. The maximum absolute atomic E-state index is 9.19. The Hall–Kier alpha value is -4.37. The third kappa shape index (κ3) is 2.99. The molecule has 3 heterocycles. The minimum atomic E-state index is -0.183. The molecule has 0 unspecified atom stereocenters. The van der Waals surface area contributed by atoms with Crippen molar-refractivity contribution in [1.29, 1.82) is 5.26 Å². The summed E-state index contributed by atoms with van der Waals surface area (Å²) in [6, 6.07) is 23.4. The quantitative estimate of drug-likeness (QED) is 0.423. The van der Waals surface area contributed by atoms with Crippen LogP contribution in [0.2, 0.25) is 0 Å². The van der Waals surface area contributed by atoms with E-state index in [2.05, 4.69) is 33.9 Å². The molecular formula is C24H16N6. The predicted octanol–water partition coefficient (Wildman–Crippen LogP) is 4.53. The topological polar surface area (TPSA) is 79.8 Å². The Bertz CT molecular complexity index is 1440. The smallest absolute Gasteiger partial charge is 0.177 e. The molecule has 0 saturated heterocycles. The van der Waals surface area contributed by atoms with Gasteiger partial charge in [0.25, 0.3) is 0 Å². The van der Waals surface area contributed by atoms with E-state index < -0.39 is 0 Å². The summed E-state index contributed by atoms with van der Waals surface area (Å²) in [5.74, 6) is 0.499. The van der Waals surface area contributed by atoms with Crippen LogP contribution >= 0.6 is 0 Å². The van der Waals surface area contributed by atoms with Gasteiger partial charge in [-0.2, -0.15) is 14.9 Å². The van der Waals surface area contributed by atoms with Crippen molar-refractivity contribution in [2.45, 2.75) is 5.92 Å². The molecule has 0 fully saturated rings. The van der Waals surface area contributed by atoms with Crippen LogP contribution in [-0.4, -0.2) is 24.8 Å². The highest BCUT2D eigenvalue weighted by molar-refractivity contribution is 5.79. The highest BCUT2D eigenvalue weighted by Crippen LogP contribution is 2.28. The summed E-state index contributed by atoms with van der Waals surface area (Å²) in [7, 11) is 0. The van der Waals surface area contributed by atoms with Crippen molar-refractivity contribution in [3.8, 4) is 17.3 Å². The van der Waals surface area contributed by atoms with E-state index in [1.54, 1.807) is 16.8 Å². The Labute approximate surface area is 172 Å². The highest BCUT2D eigenvalue weighted by atomic mass is 15.4. The zero-order valence-electron chi connectivity index (χ0n) is 16.0. The molecule has 0 bridgehead atoms. The first-order chi connectivity index (χ1) is 14.8. The number of benzene rings is 2. The van der Waals surface area contributed by atoms with Gasteiger partial charge in [0.1, 0.15) is 0 Å². The van der Waals surface area contributed by atoms with Crippen molar-refractivity contribution in [1.82, 2.24) is 24.8 Å². The number of hydrogen-bond donors (Lipinski definition) is 0. The lowest BCUT2D eigenvalue weighted by atomic mass is 9.97. The van der Waals surface area contributed by atoms with Crippen LogP contribution in [0.1, 0.15) is 22.9 Å². The first-order valence-corrected chi connectivity index (χ1v) is 9.47. The highest BCUT2D eigenvalue weighted by Gasteiger charge is 2.19. The second-order valence-electron chi connectivity index (χ2n) is 6.91. The summed E-state index contributed by atoms with van der Waals surface area (Å²) in [6.45, 7) is 4.02. The first-order valence-electron chi connectivity index (χ1n) is 9.47. The molecule has 0 amide bonds. The number of rotatable bonds is 4. The van der Waals surface area contributed by atoms with Gasteiger partial charge in [-0.25, -0.2) is 0 Å². The zero-order chi connectivity index (χ0) is 20.5. The summed E-state index contributed by atoms with van der Waals surface area (Å²) in [5, 5.41) is 23.7. The van der Waals surface area contributed by atoms with E-state index in [1.165, 1.54) is 0 Å². The van der Waals surface area contributed by atoms with Crippen LogP contribution in [0.3, 0.4) is 0 Å². The van der Waals surface area contributed by atoms with Crippen molar-refractivity contribution in [2.75, 3.05) is 0 Å². The van der Waals surface area contributed by atoms with Gasteiger partial charge in [-0.15, -0.1) is 16.8 Å². The molecule has 142 valence electrons. The van der Waals surface area contributed by atoms with Gasteiger partial charge >= 0.3 is 0 Å². The molecule has 0 radical (unpaired) electrons. The molecule has 30 heavy (non-hydrogen) atoms. The number of fused-ring (bicyclic) bond motifs is 2. The number of pyridine rings is 1. The van der Waals surface area contributed by atoms with Crippen LogP contribution in [0.5, 0.6) is 0 Å². The van der Waals surface area contributed by atoms with E-state index in [4.69, 9.17) is 5.10 Å². The Morgan fingerprint density at radius 2 is 1.93 bits per heavy atom. The fraction of sp³-hybridized carbons (Fsp3) is 0.0417. The molecular weight excluding hydrogens is 372 g/mol. The van der Waals surface area contributed by atoms with Gasteiger partial charge in [0.15, 0.2) is 11.5 Å². The molecule has 0 N–H and O–H groups in total. The molecule has 0 saturated carbocycles. The van der Waals surface area contributed by atoms with Gasteiger partial charge in [0.05, 0.1) is 28.8 Å². The molecule has 3 aromatic heterocycles. The third-order valence-corrected chi connectivity index (χ3v) is 5.07. The standard InChI is InChI=1S/C24H16N6/c1-2-20(17-8-9-21-19(14-17)7-4-12-26-21)24-28-27-23-11-10-22(29-30(23)24)18-6-3-5-16(13-18)15-25/h2-14,20H,1H2/t20-/m0/s1. The van der Waals surface area contributed by atoms with Crippen molar-refractivity contribution >= 4 is 16.6 Å². The van der Waals surface area contributed by atoms with Crippen molar-refractivity contribution in [3.05, 3.63) is 103 Å². The second kappa shape index (κ2) is 7.22. The molecule has 5 aromatic rings. The van der Waals surface area contributed by atoms with Crippen LogP contribution in [-0.2, 0) is 0 Å². The van der Waals surface area contributed by atoms with Crippen LogP contribution in [0.15, 0.2) is 85.6 Å². The maximum atomic E-state index is 9.19. The van der Waals surface area contributed by atoms with Gasteiger partial charge in [-0.1, -0.05) is 30.3 Å². The fourth-order valence-electron chi connectivity index (χ4n) is 3.58. The van der Waals surface area contributed by atoms with E-state index in [1.807, 2.05) is 60.7 Å². The van der Waals surface area contributed by atoms with Gasteiger partial charge in [0.2, 0.25) is 0 Å². The molecule has 0 aliphatic rings. The zero-order valence-corrected chi connectivity index (χ0v) is 16.0. The predicted molar refractivity (Wildman–Crippen MR) is 115 cm³/mol. The van der Waals surface area contributed by atoms with Gasteiger partial charge < -0.3 is 0 Å². The Kier molecular flexibility index (Phi) is 4.26. The van der Waals surface area contributed by atoms with E-state index in [9.17, 15) is 5.26 Å². The molecule has 5 rings (SSSR count). The number of nitriles is 1. The lowest BCUT2D eigenvalue weighted by molar-refractivity contribution is 0.795. The average molecular weight is 388 g/mol. The largest absolute Gasteiger partial charge is 0.256 e. The molecule has 6 heteroatoms. The maximum Gasteiger partial charge on any atom is 0.177 e. The number of aromatic nitrogens is 5. The van der Waals surface area contributed by atoms with Crippen molar-refractivity contribution in [2.24, 2.45) is 0 Å². The third-order valence-electron chi connectivity index (χ3n) is 5.07. The van der Waals surface area contributed by atoms with Gasteiger partial charge in [0, 0.05) is 17.1 Å². The van der Waals surface area contributed by atoms with E-state index in [0.29, 0.717) is 17.0 Å². The first kappa shape index (κ1) is 17.7. The summed E-state index contributed by atoms with van der Waals surface area (Å²) >= 11 is 0. The molecule has 0 aliphatic heterocycles. The number of allylic oxidation sites excluding steroid dienone is 1. The molecule has 2 aromatic carbocycles. The minimum Gasteiger partial charge on any atom is -0.256 e. The number of nitrogens with zero attached hydrogens (tertiary/aromatic N) is 6. The molecule has 1 atom stereocenters. The molecule has 0 aliphatic carbocycles. The Morgan fingerprint density at radius 1 is 1.00 bits per heavy atom. The summed E-state index contributed by atoms with van der Waals surface area (Å²) in [5.41, 5.74) is 4.83. The van der Waals surface area contributed by atoms with E-state index in [0.717, 1.165) is 27.7 Å². The van der Waals surface area contributed by atoms with Crippen LogP contribution in [0.4, 0.5) is 0 Å².